The monoisotopic (exact) mass is 187 g/mol. The van der Waals surface area contributed by atoms with Gasteiger partial charge in [-0.25, -0.2) is 0 Å². The quantitative estimate of drug-likeness (QED) is 0.707. The van der Waals surface area contributed by atoms with Crippen molar-refractivity contribution in [2.75, 3.05) is 26.7 Å². The summed E-state index contributed by atoms with van der Waals surface area (Å²) in [6.07, 6.45) is 1.09. The number of likely N-dealkylation sites (tertiary alicyclic amines) is 1. The van der Waals surface area contributed by atoms with Gasteiger partial charge in [-0.3, -0.25) is 0 Å². The largest absolute Gasteiger partial charge is 0.393 e. The number of ether oxygens (including phenoxy) is 1. The second-order valence-corrected chi connectivity index (χ2v) is 4.14. The van der Waals surface area contributed by atoms with Crippen LogP contribution < -0.4 is 0 Å². The molecule has 1 fully saturated rings. The Balaban J connectivity index is 2.29. The smallest absolute Gasteiger partial charge is 0.0670 e. The van der Waals surface area contributed by atoms with Crippen LogP contribution in [0.2, 0.25) is 0 Å². The Labute approximate surface area is 80.7 Å². The number of piperidine rings is 1. The predicted molar refractivity (Wildman–Crippen MR) is 52.7 cm³/mol. The first-order valence-corrected chi connectivity index (χ1v) is 5.06. The Morgan fingerprint density at radius 2 is 2.31 bits per heavy atom. The van der Waals surface area contributed by atoms with Crippen molar-refractivity contribution in [1.82, 2.24) is 4.90 Å². The van der Waals surface area contributed by atoms with Crippen LogP contribution in [0, 0.1) is 5.92 Å². The molecule has 0 aromatic heterocycles. The maximum absolute atomic E-state index is 9.53. The summed E-state index contributed by atoms with van der Waals surface area (Å²) >= 11 is 0. The van der Waals surface area contributed by atoms with Gasteiger partial charge in [-0.15, -0.1) is 0 Å². The zero-order chi connectivity index (χ0) is 9.84. The predicted octanol–water partition coefficient (Wildman–Crippen LogP) is 0.724. The van der Waals surface area contributed by atoms with Gasteiger partial charge in [-0.1, -0.05) is 6.92 Å². The lowest BCUT2D eigenvalue weighted by Gasteiger charge is -2.35. The van der Waals surface area contributed by atoms with Crippen LogP contribution in [0.3, 0.4) is 0 Å². The molecule has 1 saturated heterocycles. The lowest BCUT2D eigenvalue weighted by molar-refractivity contribution is 0.00874. The highest BCUT2D eigenvalue weighted by molar-refractivity contribution is 4.77. The van der Waals surface area contributed by atoms with E-state index in [-0.39, 0.29) is 6.10 Å². The summed E-state index contributed by atoms with van der Waals surface area (Å²) in [5.74, 6) is 0.401. The maximum atomic E-state index is 9.53. The summed E-state index contributed by atoms with van der Waals surface area (Å²) in [6.45, 7) is 7.16. The van der Waals surface area contributed by atoms with Gasteiger partial charge in [-0.2, -0.15) is 0 Å². The molecule has 0 aliphatic carbocycles. The average molecular weight is 187 g/mol. The standard InChI is InChI=1S/C10H21NO2/c1-8-6-11(5-4-10(8)12)7-9(2)13-3/h8-10,12H,4-7H2,1-3H3. The third-order valence-electron chi connectivity index (χ3n) is 2.86. The van der Waals surface area contributed by atoms with Crippen LogP contribution in [-0.4, -0.2) is 49.0 Å². The summed E-state index contributed by atoms with van der Waals surface area (Å²) in [6, 6.07) is 0. The molecular weight excluding hydrogens is 166 g/mol. The Morgan fingerprint density at radius 1 is 1.62 bits per heavy atom. The van der Waals surface area contributed by atoms with Gasteiger partial charge >= 0.3 is 0 Å². The number of nitrogens with zero attached hydrogens (tertiary/aromatic N) is 1. The van der Waals surface area contributed by atoms with Gasteiger partial charge in [0.05, 0.1) is 12.2 Å². The Bertz CT molecular complexity index is 150. The number of aliphatic hydroxyl groups excluding tert-OH is 1. The van der Waals surface area contributed by atoms with Crippen molar-refractivity contribution in [2.24, 2.45) is 5.92 Å². The molecule has 78 valence electrons. The van der Waals surface area contributed by atoms with Crippen molar-refractivity contribution in [2.45, 2.75) is 32.5 Å². The van der Waals surface area contributed by atoms with E-state index in [0.29, 0.717) is 12.0 Å². The SMILES string of the molecule is COC(C)CN1CCC(O)C(C)C1. The van der Waals surface area contributed by atoms with E-state index >= 15 is 0 Å². The van der Waals surface area contributed by atoms with E-state index in [2.05, 4.69) is 18.7 Å². The zero-order valence-corrected chi connectivity index (χ0v) is 8.86. The molecule has 3 atom stereocenters. The van der Waals surface area contributed by atoms with Gasteiger partial charge in [0.2, 0.25) is 0 Å². The molecular formula is C10H21NO2. The molecule has 1 heterocycles. The number of hydrogen-bond donors (Lipinski definition) is 1. The number of hydrogen-bond acceptors (Lipinski definition) is 3. The third-order valence-corrected chi connectivity index (χ3v) is 2.86. The van der Waals surface area contributed by atoms with Gasteiger partial charge in [0.25, 0.3) is 0 Å². The van der Waals surface area contributed by atoms with Crippen molar-refractivity contribution in [3.8, 4) is 0 Å². The Morgan fingerprint density at radius 3 is 2.85 bits per heavy atom. The summed E-state index contributed by atoms with van der Waals surface area (Å²) in [5, 5.41) is 9.53. The molecule has 0 spiro atoms. The molecule has 3 nitrogen and oxygen atoms in total. The molecule has 1 aliphatic rings. The molecule has 3 heteroatoms. The highest BCUT2D eigenvalue weighted by Crippen LogP contribution is 2.16. The van der Waals surface area contributed by atoms with E-state index in [0.717, 1.165) is 26.1 Å². The van der Waals surface area contributed by atoms with Crippen molar-refractivity contribution >= 4 is 0 Å². The number of aliphatic hydroxyl groups is 1. The molecule has 13 heavy (non-hydrogen) atoms. The van der Waals surface area contributed by atoms with Gasteiger partial charge in [0.15, 0.2) is 0 Å². The van der Waals surface area contributed by atoms with Crippen molar-refractivity contribution in [3.63, 3.8) is 0 Å². The van der Waals surface area contributed by atoms with Gasteiger partial charge in [0.1, 0.15) is 0 Å². The van der Waals surface area contributed by atoms with E-state index < -0.39 is 0 Å². The lowest BCUT2D eigenvalue weighted by atomic mass is 9.96. The molecule has 1 rings (SSSR count). The van der Waals surface area contributed by atoms with Gasteiger partial charge < -0.3 is 14.7 Å². The molecule has 0 aromatic rings. The number of rotatable bonds is 3. The molecule has 0 bridgehead atoms. The second-order valence-electron chi connectivity index (χ2n) is 4.14. The lowest BCUT2D eigenvalue weighted by Crippen LogP contribution is -2.44. The first-order chi connectivity index (χ1) is 6.13. The van der Waals surface area contributed by atoms with E-state index in [1.54, 1.807) is 7.11 Å². The molecule has 1 N–H and O–H groups in total. The maximum Gasteiger partial charge on any atom is 0.0670 e. The van der Waals surface area contributed by atoms with Crippen LogP contribution in [0.25, 0.3) is 0 Å². The van der Waals surface area contributed by atoms with Crippen LogP contribution in [0.5, 0.6) is 0 Å². The molecule has 3 unspecified atom stereocenters. The van der Waals surface area contributed by atoms with E-state index in [1.807, 2.05) is 0 Å². The minimum absolute atomic E-state index is 0.103. The Hall–Kier alpha value is -0.120. The molecule has 1 aliphatic heterocycles. The van der Waals surface area contributed by atoms with E-state index in [1.165, 1.54) is 0 Å². The fourth-order valence-electron chi connectivity index (χ4n) is 1.82. The van der Waals surface area contributed by atoms with Crippen molar-refractivity contribution in [1.29, 1.82) is 0 Å². The summed E-state index contributed by atoms with van der Waals surface area (Å²) in [7, 11) is 1.74. The van der Waals surface area contributed by atoms with Gasteiger partial charge in [0, 0.05) is 26.7 Å². The van der Waals surface area contributed by atoms with Crippen molar-refractivity contribution in [3.05, 3.63) is 0 Å². The fourth-order valence-corrected chi connectivity index (χ4v) is 1.82. The normalized spacial score (nSPS) is 33.2. The topological polar surface area (TPSA) is 32.7 Å². The van der Waals surface area contributed by atoms with Crippen LogP contribution in [0.1, 0.15) is 20.3 Å². The second kappa shape index (κ2) is 4.94. The summed E-state index contributed by atoms with van der Waals surface area (Å²) in [4.78, 5) is 2.37. The van der Waals surface area contributed by atoms with E-state index in [9.17, 15) is 5.11 Å². The van der Waals surface area contributed by atoms with Gasteiger partial charge in [-0.05, 0) is 19.3 Å². The summed E-state index contributed by atoms with van der Waals surface area (Å²) < 4.78 is 5.21. The molecule has 0 amide bonds. The Kier molecular flexibility index (Phi) is 4.16. The summed E-state index contributed by atoms with van der Waals surface area (Å²) in [5.41, 5.74) is 0. The fraction of sp³-hybridized carbons (Fsp3) is 1.00. The zero-order valence-electron chi connectivity index (χ0n) is 8.86. The average Bonchev–Trinajstić information content (AvgIpc) is 2.11. The van der Waals surface area contributed by atoms with Crippen LogP contribution >= 0.6 is 0 Å². The first kappa shape index (κ1) is 11.0. The van der Waals surface area contributed by atoms with Crippen LogP contribution in [-0.2, 0) is 4.74 Å². The first-order valence-electron chi connectivity index (χ1n) is 5.06. The highest BCUT2D eigenvalue weighted by atomic mass is 16.5. The number of methoxy groups -OCH3 is 1. The molecule has 0 saturated carbocycles. The van der Waals surface area contributed by atoms with E-state index in [4.69, 9.17) is 4.74 Å². The molecule has 0 radical (unpaired) electrons. The van der Waals surface area contributed by atoms with Crippen LogP contribution in [0.4, 0.5) is 0 Å². The minimum Gasteiger partial charge on any atom is -0.393 e. The molecule has 0 aromatic carbocycles. The minimum atomic E-state index is -0.103. The van der Waals surface area contributed by atoms with Crippen LogP contribution in [0.15, 0.2) is 0 Å². The highest BCUT2D eigenvalue weighted by Gasteiger charge is 2.24. The third kappa shape index (κ3) is 3.25. The van der Waals surface area contributed by atoms with Crippen molar-refractivity contribution < 1.29 is 9.84 Å².